The zero-order chi connectivity index (χ0) is 17.3. The number of halogens is 1. The molecule has 1 aromatic carbocycles. The number of benzene rings is 1. The van der Waals surface area contributed by atoms with Gasteiger partial charge in [-0.2, -0.15) is 5.10 Å². The highest BCUT2D eigenvalue weighted by molar-refractivity contribution is 7.21. The Balaban J connectivity index is 1.76. The Kier molecular flexibility index (Phi) is 4.32. The van der Waals surface area contributed by atoms with Gasteiger partial charge in [-0.25, -0.2) is 5.43 Å². The van der Waals surface area contributed by atoms with Crippen LogP contribution in [0.25, 0.3) is 10.1 Å². The third-order valence-corrected chi connectivity index (χ3v) is 4.80. The molecule has 0 bridgehead atoms. The molecule has 24 heavy (non-hydrogen) atoms. The van der Waals surface area contributed by atoms with E-state index >= 15 is 0 Å². The van der Waals surface area contributed by atoms with E-state index in [9.17, 15) is 14.9 Å². The van der Waals surface area contributed by atoms with Crippen LogP contribution >= 0.6 is 22.9 Å². The molecule has 0 radical (unpaired) electrons. The molecule has 0 aliphatic carbocycles. The van der Waals surface area contributed by atoms with Crippen molar-refractivity contribution in [3.8, 4) is 0 Å². The largest absolute Gasteiger partial charge is 0.433 e. The van der Waals surface area contributed by atoms with Crippen LogP contribution in [0.2, 0.25) is 5.02 Å². The van der Waals surface area contributed by atoms with E-state index in [2.05, 4.69) is 10.5 Å². The lowest BCUT2D eigenvalue weighted by molar-refractivity contribution is -0.402. The van der Waals surface area contributed by atoms with E-state index in [1.54, 1.807) is 0 Å². The van der Waals surface area contributed by atoms with E-state index < -0.39 is 16.7 Å². The monoisotopic (exact) mass is 363 g/mol. The van der Waals surface area contributed by atoms with Crippen molar-refractivity contribution >= 4 is 51.0 Å². The van der Waals surface area contributed by atoms with Crippen LogP contribution in [0, 0.1) is 17.0 Å². The number of aryl methyl sites for hydroxylation is 1. The summed E-state index contributed by atoms with van der Waals surface area (Å²) in [5.41, 5.74) is 3.40. The number of rotatable bonds is 4. The lowest BCUT2D eigenvalue weighted by Gasteiger charge is -1.96. The number of nitrogens with zero attached hydrogens (tertiary/aromatic N) is 2. The highest BCUT2D eigenvalue weighted by atomic mass is 35.5. The fourth-order valence-electron chi connectivity index (χ4n) is 2.03. The van der Waals surface area contributed by atoms with Gasteiger partial charge in [0.05, 0.1) is 17.3 Å². The predicted octanol–water partition coefficient (Wildman–Crippen LogP) is 4.13. The zero-order valence-corrected chi connectivity index (χ0v) is 13.9. The van der Waals surface area contributed by atoms with Crippen LogP contribution in [-0.4, -0.2) is 17.0 Å². The standard InChI is InChI=1S/C15H10ClN3O4S/c1-8-2-4-10-11(6-8)24-14(13(10)16)15(20)18-17-7-9-3-5-12(23-9)19(21)22/h2-7H,1H3,(H,18,20)/b17-7+. The van der Waals surface area contributed by atoms with Gasteiger partial charge in [0.15, 0.2) is 5.76 Å². The normalized spacial score (nSPS) is 11.2. The number of hydrogen-bond donors (Lipinski definition) is 1. The number of hydrazone groups is 1. The molecular formula is C15H10ClN3O4S. The minimum atomic E-state index is -0.658. The van der Waals surface area contributed by atoms with Crippen LogP contribution in [0.5, 0.6) is 0 Å². The van der Waals surface area contributed by atoms with E-state index in [4.69, 9.17) is 16.0 Å². The van der Waals surface area contributed by atoms with Crippen LogP contribution in [0.15, 0.2) is 39.9 Å². The van der Waals surface area contributed by atoms with E-state index in [0.717, 1.165) is 15.6 Å². The summed E-state index contributed by atoms with van der Waals surface area (Å²) >= 11 is 7.51. The van der Waals surface area contributed by atoms with Crippen molar-refractivity contribution in [3.05, 3.63) is 61.7 Å². The number of amides is 1. The lowest BCUT2D eigenvalue weighted by Crippen LogP contribution is -2.16. The second-order valence-electron chi connectivity index (χ2n) is 4.88. The molecule has 0 saturated heterocycles. The smallest absolute Gasteiger partial charge is 0.400 e. The molecule has 3 rings (SSSR count). The molecule has 7 nitrogen and oxygen atoms in total. The Morgan fingerprint density at radius 3 is 2.92 bits per heavy atom. The first kappa shape index (κ1) is 16.2. The number of thiophene rings is 1. The lowest BCUT2D eigenvalue weighted by atomic mass is 10.2. The summed E-state index contributed by atoms with van der Waals surface area (Å²) < 4.78 is 5.81. The quantitative estimate of drug-likeness (QED) is 0.428. The zero-order valence-electron chi connectivity index (χ0n) is 12.3. The van der Waals surface area contributed by atoms with Gasteiger partial charge in [0.2, 0.25) is 0 Å². The van der Waals surface area contributed by atoms with Gasteiger partial charge in [0.1, 0.15) is 9.80 Å². The van der Waals surface area contributed by atoms with Crippen molar-refractivity contribution in [1.82, 2.24) is 5.43 Å². The average Bonchev–Trinajstić information content (AvgIpc) is 3.12. The fourth-order valence-corrected chi connectivity index (χ4v) is 3.54. The summed E-state index contributed by atoms with van der Waals surface area (Å²) in [5, 5.41) is 15.4. The third kappa shape index (κ3) is 3.15. The Bertz CT molecular complexity index is 976. The summed E-state index contributed by atoms with van der Waals surface area (Å²) in [4.78, 5) is 22.4. The van der Waals surface area contributed by atoms with Gasteiger partial charge >= 0.3 is 5.88 Å². The summed E-state index contributed by atoms with van der Waals surface area (Å²) in [7, 11) is 0. The number of carbonyl (C=O) groups is 1. The molecule has 0 unspecified atom stereocenters. The molecule has 0 fully saturated rings. The van der Waals surface area contributed by atoms with E-state index in [1.807, 2.05) is 25.1 Å². The number of fused-ring (bicyclic) bond motifs is 1. The summed E-state index contributed by atoms with van der Waals surface area (Å²) in [6.45, 7) is 1.96. The highest BCUT2D eigenvalue weighted by Crippen LogP contribution is 2.35. The van der Waals surface area contributed by atoms with Crippen molar-refractivity contribution in [1.29, 1.82) is 0 Å². The Labute approximate surface area is 144 Å². The molecule has 1 amide bonds. The van der Waals surface area contributed by atoms with Crippen molar-refractivity contribution in [2.45, 2.75) is 6.92 Å². The second kappa shape index (κ2) is 6.42. The first-order valence-electron chi connectivity index (χ1n) is 6.72. The van der Waals surface area contributed by atoms with Crippen molar-refractivity contribution in [2.24, 2.45) is 5.10 Å². The predicted molar refractivity (Wildman–Crippen MR) is 92.0 cm³/mol. The maximum Gasteiger partial charge on any atom is 0.433 e. The van der Waals surface area contributed by atoms with E-state index in [0.29, 0.717) is 9.90 Å². The van der Waals surface area contributed by atoms with E-state index in [1.165, 1.54) is 29.7 Å². The third-order valence-electron chi connectivity index (χ3n) is 3.14. The summed E-state index contributed by atoms with van der Waals surface area (Å²) in [5.74, 6) is -0.707. The first-order valence-corrected chi connectivity index (χ1v) is 7.91. The number of furan rings is 1. The van der Waals surface area contributed by atoms with Gasteiger partial charge < -0.3 is 4.42 Å². The van der Waals surface area contributed by atoms with Crippen LogP contribution < -0.4 is 5.43 Å². The van der Waals surface area contributed by atoms with Gasteiger partial charge in [0, 0.05) is 10.1 Å². The van der Waals surface area contributed by atoms with Crippen LogP contribution in [0.4, 0.5) is 5.88 Å². The van der Waals surface area contributed by atoms with Gasteiger partial charge in [-0.3, -0.25) is 14.9 Å². The van der Waals surface area contributed by atoms with Crippen LogP contribution in [-0.2, 0) is 0 Å². The molecule has 2 heterocycles. The minimum Gasteiger partial charge on any atom is -0.400 e. The second-order valence-corrected chi connectivity index (χ2v) is 6.31. The molecule has 0 saturated carbocycles. The molecule has 2 aromatic heterocycles. The first-order chi connectivity index (χ1) is 11.5. The van der Waals surface area contributed by atoms with Crippen LogP contribution in [0.1, 0.15) is 21.0 Å². The maximum absolute atomic E-state index is 12.2. The number of carbonyl (C=O) groups excluding carboxylic acids is 1. The number of nitro groups is 1. The summed E-state index contributed by atoms with van der Waals surface area (Å²) in [6.07, 6.45) is 1.18. The maximum atomic E-state index is 12.2. The topological polar surface area (TPSA) is 97.7 Å². The molecule has 122 valence electrons. The van der Waals surface area contributed by atoms with Crippen molar-refractivity contribution in [3.63, 3.8) is 0 Å². The molecule has 1 N–H and O–H groups in total. The summed E-state index contributed by atoms with van der Waals surface area (Å²) in [6, 6.07) is 8.32. The van der Waals surface area contributed by atoms with Gasteiger partial charge in [-0.05, 0) is 24.6 Å². The van der Waals surface area contributed by atoms with Gasteiger partial charge in [0.25, 0.3) is 5.91 Å². The van der Waals surface area contributed by atoms with Gasteiger partial charge in [-0.15, -0.1) is 11.3 Å². The molecule has 0 aliphatic rings. The molecular weight excluding hydrogens is 354 g/mol. The van der Waals surface area contributed by atoms with E-state index in [-0.39, 0.29) is 5.76 Å². The number of hydrogen-bond acceptors (Lipinski definition) is 6. The molecule has 3 aromatic rings. The van der Waals surface area contributed by atoms with Crippen molar-refractivity contribution < 1.29 is 14.1 Å². The molecule has 0 atom stereocenters. The molecule has 9 heteroatoms. The highest BCUT2D eigenvalue weighted by Gasteiger charge is 2.17. The Morgan fingerprint density at radius 1 is 1.42 bits per heavy atom. The van der Waals surface area contributed by atoms with Crippen LogP contribution in [0.3, 0.4) is 0 Å². The molecule has 0 aliphatic heterocycles. The Hall–Kier alpha value is -2.71. The fraction of sp³-hybridized carbons (Fsp3) is 0.0667. The van der Waals surface area contributed by atoms with Gasteiger partial charge in [-0.1, -0.05) is 23.7 Å². The van der Waals surface area contributed by atoms with Crippen molar-refractivity contribution in [2.75, 3.05) is 0 Å². The minimum absolute atomic E-state index is 0.153. The molecule has 0 spiro atoms. The SMILES string of the molecule is Cc1ccc2c(Cl)c(C(=O)N/N=C/c3ccc([N+](=O)[O-])o3)sc2c1. The Morgan fingerprint density at radius 2 is 2.21 bits per heavy atom. The number of nitrogens with one attached hydrogen (secondary N) is 1. The average molecular weight is 364 g/mol.